The molecule has 0 N–H and O–H groups in total. The van der Waals surface area contributed by atoms with Gasteiger partial charge in [-0.2, -0.15) is 0 Å². The van der Waals surface area contributed by atoms with E-state index in [0.29, 0.717) is 5.33 Å². The van der Waals surface area contributed by atoms with Crippen LogP contribution in [0.25, 0.3) is 0 Å². The summed E-state index contributed by atoms with van der Waals surface area (Å²) in [6.07, 6.45) is -0.532. The standard InChI is InChI=1S/C10H10BrF3N2O/c11-2-4-16(6-9(13)14)10(17)7-1-3-15-5-8(7)12/h1,3,5,9H,2,4,6H2. The van der Waals surface area contributed by atoms with Crippen molar-refractivity contribution in [2.24, 2.45) is 0 Å². The molecular weight excluding hydrogens is 301 g/mol. The van der Waals surface area contributed by atoms with Crippen LogP contribution >= 0.6 is 15.9 Å². The van der Waals surface area contributed by atoms with E-state index in [9.17, 15) is 18.0 Å². The number of carbonyl (C=O) groups excluding carboxylic acids is 1. The van der Waals surface area contributed by atoms with Gasteiger partial charge in [-0.3, -0.25) is 9.78 Å². The molecule has 0 atom stereocenters. The van der Waals surface area contributed by atoms with E-state index in [2.05, 4.69) is 20.9 Å². The number of amides is 1. The summed E-state index contributed by atoms with van der Waals surface area (Å²) in [4.78, 5) is 16.2. The lowest BCUT2D eigenvalue weighted by Crippen LogP contribution is -2.37. The lowest BCUT2D eigenvalue weighted by atomic mass is 10.2. The molecule has 1 rings (SSSR count). The van der Waals surface area contributed by atoms with Crippen LogP contribution in [0.3, 0.4) is 0 Å². The Morgan fingerprint density at radius 3 is 2.76 bits per heavy atom. The van der Waals surface area contributed by atoms with E-state index in [1.807, 2.05) is 0 Å². The summed E-state index contributed by atoms with van der Waals surface area (Å²) < 4.78 is 37.8. The monoisotopic (exact) mass is 310 g/mol. The van der Waals surface area contributed by atoms with Crippen molar-refractivity contribution in [2.45, 2.75) is 6.43 Å². The topological polar surface area (TPSA) is 33.2 Å². The van der Waals surface area contributed by atoms with Crippen LogP contribution in [0.2, 0.25) is 0 Å². The predicted octanol–water partition coefficient (Wildman–Crippen LogP) is 2.32. The van der Waals surface area contributed by atoms with Gasteiger partial charge in [-0.15, -0.1) is 0 Å². The number of alkyl halides is 3. The third-order valence-electron chi connectivity index (χ3n) is 2.00. The summed E-state index contributed by atoms with van der Waals surface area (Å²) in [5, 5.41) is 0.345. The van der Waals surface area contributed by atoms with Gasteiger partial charge in [0.05, 0.1) is 18.3 Å². The van der Waals surface area contributed by atoms with Crippen molar-refractivity contribution in [1.29, 1.82) is 0 Å². The van der Waals surface area contributed by atoms with Gasteiger partial charge in [0.25, 0.3) is 12.3 Å². The second-order valence-corrected chi connectivity index (χ2v) is 3.98. The fourth-order valence-corrected chi connectivity index (χ4v) is 1.69. The average Bonchev–Trinajstić information content (AvgIpc) is 2.28. The predicted molar refractivity (Wildman–Crippen MR) is 59.9 cm³/mol. The van der Waals surface area contributed by atoms with Gasteiger partial charge in [-0.25, -0.2) is 13.2 Å². The molecule has 17 heavy (non-hydrogen) atoms. The smallest absolute Gasteiger partial charge is 0.257 e. The van der Waals surface area contributed by atoms with Crippen molar-refractivity contribution in [3.8, 4) is 0 Å². The zero-order valence-electron chi connectivity index (χ0n) is 8.75. The molecule has 0 saturated heterocycles. The number of carbonyl (C=O) groups is 1. The van der Waals surface area contributed by atoms with Gasteiger partial charge in [0.1, 0.15) is 0 Å². The summed E-state index contributed by atoms with van der Waals surface area (Å²) in [5.41, 5.74) is -0.249. The van der Waals surface area contributed by atoms with Crippen molar-refractivity contribution < 1.29 is 18.0 Å². The molecule has 3 nitrogen and oxygen atoms in total. The van der Waals surface area contributed by atoms with Gasteiger partial charge in [0.2, 0.25) is 0 Å². The number of halogens is 4. The first-order valence-corrected chi connectivity index (χ1v) is 5.91. The molecule has 0 radical (unpaired) electrons. The fraction of sp³-hybridized carbons (Fsp3) is 0.400. The molecule has 1 amide bonds. The van der Waals surface area contributed by atoms with E-state index in [-0.39, 0.29) is 12.1 Å². The molecular formula is C10H10BrF3N2O. The number of aromatic nitrogens is 1. The highest BCUT2D eigenvalue weighted by Crippen LogP contribution is 2.10. The molecule has 94 valence electrons. The molecule has 1 aromatic rings. The molecule has 0 aromatic carbocycles. The maximum atomic E-state index is 13.3. The van der Waals surface area contributed by atoms with Gasteiger partial charge < -0.3 is 4.90 Å². The lowest BCUT2D eigenvalue weighted by molar-refractivity contribution is 0.0568. The molecule has 1 heterocycles. The van der Waals surface area contributed by atoms with E-state index in [0.717, 1.165) is 11.1 Å². The quantitative estimate of drug-likeness (QED) is 0.782. The Labute approximate surface area is 105 Å². The van der Waals surface area contributed by atoms with Crippen LogP contribution in [-0.4, -0.2) is 40.6 Å². The molecule has 0 spiro atoms. The number of nitrogens with zero attached hydrogens (tertiary/aromatic N) is 2. The Morgan fingerprint density at radius 2 is 2.24 bits per heavy atom. The van der Waals surface area contributed by atoms with Crippen LogP contribution in [-0.2, 0) is 0 Å². The lowest BCUT2D eigenvalue weighted by Gasteiger charge is -2.21. The molecule has 7 heteroatoms. The van der Waals surface area contributed by atoms with Gasteiger partial charge in [-0.1, -0.05) is 15.9 Å². The third kappa shape index (κ3) is 3.99. The minimum Gasteiger partial charge on any atom is -0.332 e. The van der Waals surface area contributed by atoms with Crippen molar-refractivity contribution in [3.05, 3.63) is 29.8 Å². The molecule has 0 bridgehead atoms. The average molecular weight is 311 g/mol. The minimum atomic E-state index is -2.65. The summed E-state index contributed by atoms with van der Waals surface area (Å²) in [7, 11) is 0. The van der Waals surface area contributed by atoms with Gasteiger partial charge in [-0.05, 0) is 6.07 Å². The Morgan fingerprint density at radius 1 is 1.53 bits per heavy atom. The first-order valence-electron chi connectivity index (χ1n) is 4.79. The second-order valence-electron chi connectivity index (χ2n) is 3.19. The van der Waals surface area contributed by atoms with E-state index in [1.165, 1.54) is 12.3 Å². The maximum Gasteiger partial charge on any atom is 0.257 e. The second kappa shape index (κ2) is 6.58. The highest BCUT2D eigenvalue weighted by atomic mass is 79.9. The number of hydrogen-bond acceptors (Lipinski definition) is 2. The molecule has 0 saturated carbocycles. The highest BCUT2D eigenvalue weighted by Gasteiger charge is 2.21. The third-order valence-corrected chi connectivity index (χ3v) is 2.36. The Bertz CT molecular complexity index is 390. The molecule has 0 aliphatic rings. The van der Waals surface area contributed by atoms with Crippen LogP contribution in [0.1, 0.15) is 10.4 Å². The minimum absolute atomic E-state index is 0.0882. The first kappa shape index (κ1) is 14.0. The van der Waals surface area contributed by atoms with Crippen molar-refractivity contribution >= 4 is 21.8 Å². The van der Waals surface area contributed by atoms with Crippen LogP contribution in [0.4, 0.5) is 13.2 Å². The fourth-order valence-electron chi connectivity index (χ4n) is 1.26. The van der Waals surface area contributed by atoms with Crippen LogP contribution in [0.5, 0.6) is 0 Å². The van der Waals surface area contributed by atoms with Gasteiger partial charge in [0.15, 0.2) is 5.82 Å². The normalized spacial score (nSPS) is 10.6. The summed E-state index contributed by atoms with van der Waals surface area (Å²) >= 11 is 3.05. The summed E-state index contributed by atoms with van der Waals surface area (Å²) in [5.74, 6) is -1.57. The van der Waals surface area contributed by atoms with Gasteiger partial charge >= 0.3 is 0 Å². The summed E-state index contributed by atoms with van der Waals surface area (Å²) in [6, 6.07) is 1.17. The van der Waals surface area contributed by atoms with E-state index in [4.69, 9.17) is 0 Å². The van der Waals surface area contributed by atoms with Crippen molar-refractivity contribution in [1.82, 2.24) is 9.88 Å². The molecule has 0 unspecified atom stereocenters. The SMILES string of the molecule is O=C(c1ccncc1F)N(CCBr)CC(F)F. The van der Waals surface area contributed by atoms with Crippen LogP contribution in [0.15, 0.2) is 18.5 Å². The molecule has 1 aromatic heterocycles. The maximum absolute atomic E-state index is 13.3. The van der Waals surface area contributed by atoms with E-state index >= 15 is 0 Å². The largest absolute Gasteiger partial charge is 0.332 e. The van der Waals surface area contributed by atoms with Crippen molar-refractivity contribution in [3.63, 3.8) is 0 Å². The molecule has 0 aliphatic heterocycles. The number of pyridine rings is 1. The number of hydrogen-bond donors (Lipinski definition) is 0. The zero-order valence-corrected chi connectivity index (χ0v) is 10.3. The molecule has 0 aliphatic carbocycles. The van der Waals surface area contributed by atoms with Crippen LogP contribution < -0.4 is 0 Å². The highest BCUT2D eigenvalue weighted by molar-refractivity contribution is 9.09. The summed E-state index contributed by atoms with van der Waals surface area (Å²) in [6.45, 7) is -0.628. The Kier molecular flexibility index (Phi) is 5.40. The van der Waals surface area contributed by atoms with Gasteiger partial charge in [0, 0.05) is 18.1 Å². The Balaban J connectivity index is 2.88. The Hall–Kier alpha value is -1.11. The number of rotatable bonds is 5. The van der Waals surface area contributed by atoms with Crippen LogP contribution in [0, 0.1) is 5.82 Å². The van der Waals surface area contributed by atoms with E-state index in [1.54, 1.807) is 0 Å². The van der Waals surface area contributed by atoms with E-state index < -0.39 is 24.7 Å². The molecule has 0 fully saturated rings. The first-order chi connectivity index (χ1) is 8.06. The van der Waals surface area contributed by atoms with Crippen molar-refractivity contribution in [2.75, 3.05) is 18.4 Å². The zero-order chi connectivity index (χ0) is 12.8.